The minimum atomic E-state index is -0.894. The Hall–Kier alpha value is -2.51. The molecule has 1 aromatic carbocycles. The van der Waals surface area contributed by atoms with E-state index in [0.29, 0.717) is 25.6 Å². The molecule has 0 saturated carbocycles. The van der Waals surface area contributed by atoms with Crippen LogP contribution in [0.4, 0.5) is 0 Å². The second-order valence-electron chi connectivity index (χ2n) is 7.68. The van der Waals surface area contributed by atoms with E-state index in [1.165, 1.54) is 5.56 Å². The molecule has 0 aliphatic carbocycles. The zero-order chi connectivity index (χ0) is 21.1. The molecule has 0 aliphatic heterocycles. The molecule has 0 radical (unpaired) electrons. The number of methoxy groups -OCH3 is 1. The van der Waals surface area contributed by atoms with E-state index in [1.807, 2.05) is 43.3 Å². The summed E-state index contributed by atoms with van der Waals surface area (Å²) in [5.74, 6) is 2.46. The first kappa shape index (κ1) is 22.8. The summed E-state index contributed by atoms with van der Waals surface area (Å²) in [4.78, 5) is 6.55. The Labute approximate surface area is 173 Å². The highest BCUT2D eigenvalue weighted by atomic mass is 16.5. The summed E-state index contributed by atoms with van der Waals surface area (Å²) >= 11 is 0. The van der Waals surface area contributed by atoms with Crippen LogP contribution >= 0.6 is 0 Å². The number of likely N-dealkylation sites (N-methyl/N-ethyl adjacent to an activating group) is 1. The third kappa shape index (κ3) is 9.02. The Kier molecular flexibility index (Phi) is 9.02. The van der Waals surface area contributed by atoms with Gasteiger partial charge in [-0.2, -0.15) is 0 Å². The Morgan fingerprint density at radius 1 is 1.14 bits per heavy atom. The summed E-state index contributed by atoms with van der Waals surface area (Å²) in [6.45, 7) is 4.08. The predicted molar refractivity (Wildman–Crippen MR) is 117 cm³/mol. The van der Waals surface area contributed by atoms with Crippen LogP contribution in [0.15, 0.2) is 52.1 Å². The highest BCUT2D eigenvalue weighted by molar-refractivity contribution is 5.79. The SMILES string of the molecule is COc1ccc(CCNC(=NCC(C)(O)CN(C)C)NCCc2ccco2)cc1. The van der Waals surface area contributed by atoms with Crippen molar-refractivity contribution in [3.8, 4) is 5.75 Å². The maximum absolute atomic E-state index is 10.5. The largest absolute Gasteiger partial charge is 0.497 e. The van der Waals surface area contributed by atoms with Gasteiger partial charge in [-0.15, -0.1) is 0 Å². The first-order valence-electron chi connectivity index (χ1n) is 9.92. The van der Waals surface area contributed by atoms with Crippen molar-refractivity contribution >= 4 is 5.96 Å². The second-order valence-corrected chi connectivity index (χ2v) is 7.68. The summed E-state index contributed by atoms with van der Waals surface area (Å²) in [6.07, 6.45) is 3.30. The minimum Gasteiger partial charge on any atom is -0.497 e. The van der Waals surface area contributed by atoms with Gasteiger partial charge in [-0.05, 0) is 57.3 Å². The van der Waals surface area contributed by atoms with Crippen LogP contribution in [0, 0.1) is 0 Å². The first-order chi connectivity index (χ1) is 13.9. The third-order valence-corrected chi connectivity index (χ3v) is 4.34. The minimum absolute atomic E-state index is 0.309. The van der Waals surface area contributed by atoms with Gasteiger partial charge in [0.25, 0.3) is 0 Å². The fourth-order valence-electron chi connectivity index (χ4n) is 3.03. The van der Waals surface area contributed by atoms with Gasteiger partial charge in [-0.25, -0.2) is 0 Å². The van der Waals surface area contributed by atoms with Gasteiger partial charge < -0.3 is 29.8 Å². The zero-order valence-corrected chi connectivity index (χ0v) is 17.9. The third-order valence-electron chi connectivity index (χ3n) is 4.34. The van der Waals surface area contributed by atoms with Crippen molar-refractivity contribution in [2.24, 2.45) is 4.99 Å². The van der Waals surface area contributed by atoms with E-state index in [4.69, 9.17) is 9.15 Å². The molecule has 2 aromatic rings. The van der Waals surface area contributed by atoms with E-state index in [0.717, 1.165) is 30.9 Å². The van der Waals surface area contributed by atoms with Crippen LogP contribution in [0.2, 0.25) is 0 Å². The Bertz CT molecular complexity index is 725. The van der Waals surface area contributed by atoms with Crippen molar-refractivity contribution in [2.75, 3.05) is 47.4 Å². The van der Waals surface area contributed by atoms with Gasteiger partial charge in [0.15, 0.2) is 5.96 Å². The van der Waals surface area contributed by atoms with Crippen LogP contribution in [0.1, 0.15) is 18.2 Å². The van der Waals surface area contributed by atoms with Crippen LogP contribution in [-0.4, -0.2) is 69.0 Å². The molecule has 160 valence electrons. The topological polar surface area (TPSA) is 82.3 Å². The molecule has 2 rings (SSSR count). The lowest BCUT2D eigenvalue weighted by Crippen LogP contribution is -2.43. The van der Waals surface area contributed by atoms with Gasteiger partial charge in [0.05, 0.1) is 25.5 Å². The quantitative estimate of drug-likeness (QED) is 0.394. The highest BCUT2D eigenvalue weighted by Gasteiger charge is 2.21. The average molecular weight is 403 g/mol. The van der Waals surface area contributed by atoms with Crippen molar-refractivity contribution in [2.45, 2.75) is 25.4 Å². The number of nitrogens with one attached hydrogen (secondary N) is 2. The summed E-state index contributed by atoms with van der Waals surface area (Å²) in [6, 6.07) is 11.9. The number of guanidine groups is 1. The van der Waals surface area contributed by atoms with Gasteiger partial charge in [-0.1, -0.05) is 12.1 Å². The second kappa shape index (κ2) is 11.5. The number of ether oxygens (including phenoxy) is 1. The smallest absolute Gasteiger partial charge is 0.191 e. The Morgan fingerprint density at radius 2 is 1.83 bits per heavy atom. The van der Waals surface area contributed by atoms with E-state index in [2.05, 4.69) is 27.8 Å². The fourth-order valence-corrected chi connectivity index (χ4v) is 3.03. The molecular formula is C22H34N4O3. The number of hydrogen-bond acceptors (Lipinski definition) is 5. The lowest BCUT2D eigenvalue weighted by Gasteiger charge is -2.25. The number of benzene rings is 1. The summed E-state index contributed by atoms with van der Waals surface area (Å²) in [5, 5.41) is 17.2. The molecule has 0 bridgehead atoms. The number of nitrogens with zero attached hydrogens (tertiary/aromatic N) is 2. The normalized spacial score (nSPS) is 13.9. The lowest BCUT2D eigenvalue weighted by atomic mass is 10.1. The molecule has 0 spiro atoms. The summed E-state index contributed by atoms with van der Waals surface area (Å²) < 4.78 is 10.6. The molecule has 0 fully saturated rings. The summed E-state index contributed by atoms with van der Waals surface area (Å²) in [5.41, 5.74) is 0.322. The molecule has 0 aliphatic rings. The Balaban J connectivity index is 1.89. The van der Waals surface area contributed by atoms with Crippen molar-refractivity contribution in [1.29, 1.82) is 0 Å². The van der Waals surface area contributed by atoms with E-state index in [1.54, 1.807) is 20.3 Å². The lowest BCUT2D eigenvalue weighted by molar-refractivity contribution is 0.0423. The van der Waals surface area contributed by atoms with E-state index in [9.17, 15) is 5.11 Å². The molecule has 1 heterocycles. The molecule has 7 heteroatoms. The van der Waals surface area contributed by atoms with Crippen LogP contribution in [0.5, 0.6) is 5.75 Å². The number of hydrogen-bond donors (Lipinski definition) is 3. The van der Waals surface area contributed by atoms with Gasteiger partial charge in [-0.3, -0.25) is 4.99 Å². The van der Waals surface area contributed by atoms with Gasteiger partial charge in [0.2, 0.25) is 0 Å². The van der Waals surface area contributed by atoms with Crippen LogP contribution < -0.4 is 15.4 Å². The zero-order valence-electron chi connectivity index (χ0n) is 17.9. The number of aliphatic hydroxyl groups is 1. The van der Waals surface area contributed by atoms with Crippen LogP contribution in [0.25, 0.3) is 0 Å². The predicted octanol–water partition coefficient (Wildman–Crippen LogP) is 1.92. The van der Waals surface area contributed by atoms with Crippen molar-refractivity contribution < 1.29 is 14.3 Å². The van der Waals surface area contributed by atoms with E-state index < -0.39 is 5.60 Å². The van der Waals surface area contributed by atoms with Crippen LogP contribution in [-0.2, 0) is 12.8 Å². The number of furan rings is 1. The van der Waals surface area contributed by atoms with Crippen LogP contribution in [0.3, 0.4) is 0 Å². The van der Waals surface area contributed by atoms with Gasteiger partial charge in [0, 0.05) is 26.1 Å². The van der Waals surface area contributed by atoms with Crippen molar-refractivity contribution in [1.82, 2.24) is 15.5 Å². The monoisotopic (exact) mass is 402 g/mol. The fraction of sp³-hybridized carbons (Fsp3) is 0.500. The molecule has 1 unspecified atom stereocenters. The molecular weight excluding hydrogens is 368 g/mol. The van der Waals surface area contributed by atoms with Crippen molar-refractivity contribution in [3.05, 3.63) is 54.0 Å². The number of aliphatic imine (C=N–C) groups is 1. The maximum atomic E-state index is 10.5. The van der Waals surface area contributed by atoms with E-state index >= 15 is 0 Å². The number of rotatable bonds is 11. The molecule has 3 N–H and O–H groups in total. The van der Waals surface area contributed by atoms with Crippen molar-refractivity contribution in [3.63, 3.8) is 0 Å². The summed E-state index contributed by atoms with van der Waals surface area (Å²) in [7, 11) is 5.54. The molecule has 29 heavy (non-hydrogen) atoms. The first-order valence-corrected chi connectivity index (χ1v) is 9.92. The maximum Gasteiger partial charge on any atom is 0.191 e. The molecule has 0 amide bonds. The average Bonchev–Trinajstić information content (AvgIpc) is 3.19. The van der Waals surface area contributed by atoms with Gasteiger partial charge in [0.1, 0.15) is 11.5 Å². The molecule has 0 saturated heterocycles. The molecule has 1 aromatic heterocycles. The Morgan fingerprint density at radius 3 is 2.41 bits per heavy atom. The molecule has 1 atom stereocenters. The molecule has 7 nitrogen and oxygen atoms in total. The standard InChI is InChI=1S/C22H34N4O3/c1-22(27,17-26(2)3)16-25-21(24-14-12-20-6-5-15-29-20)23-13-11-18-7-9-19(28-4)10-8-18/h5-10,15,27H,11-14,16-17H2,1-4H3,(H2,23,24,25). The van der Waals surface area contributed by atoms with E-state index in [-0.39, 0.29) is 0 Å². The van der Waals surface area contributed by atoms with Gasteiger partial charge >= 0.3 is 0 Å². The highest BCUT2D eigenvalue weighted by Crippen LogP contribution is 2.11.